The van der Waals surface area contributed by atoms with Gasteiger partial charge in [-0.05, 0) is 60.8 Å². The zero-order chi connectivity index (χ0) is 21.0. The molecule has 3 aromatic carbocycles. The molecule has 0 aliphatic rings. The number of alkyl halides is 2. The smallest absolute Gasteiger partial charge is 0.273 e. The molecule has 0 saturated heterocycles. The highest BCUT2D eigenvalue weighted by atomic mass is 19.3. The highest BCUT2D eigenvalue weighted by molar-refractivity contribution is 6.00. The van der Waals surface area contributed by atoms with Crippen LogP contribution in [0, 0.1) is 0 Å². The fourth-order valence-corrected chi connectivity index (χ4v) is 2.95. The highest BCUT2D eigenvalue weighted by Crippen LogP contribution is 2.34. The average molecular weight is 398 g/mol. The minimum atomic E-state index is -2.85. The van der Waals surface area contributed by atoms with E-state index in [1.165, 1.54) is 31.2 Å². The number of hydrogen-bond acceptors (Lipinski definition) is 3. The van der Waals surface area contributed by atoms with Crippen molar-refractivity contribution >= 4 is 16.7 Å². The van der Waals surface area contributed by atoms with E-state index in [1.807, 2.05) is 25.1 Å². The van der Waals surface area contributed by atoms with E-state index in [1.54, 1.807) is 18.2 Å². The summed E-state index contributed by atoms with van der Waals surface area (Å²) in [6.45, 7) is 3.65. The van der Waals surface area contributed by atoms with E-state index >= 15 is 0 Å². The molecule has 0 fully saturated rings. The van der Waals surface area contributed by atoms with Crippen molar-refractivity contribution in [3.05, 3.63) is 71.8 Å². The summed E-state index contributed by atoms with van der Waals surface area (Å²) in [6.07, 6.45) is -0.253. The lowest BCUT2D eigenvalue weighted by Gasteiger charge is -2.15. The lowest BCUT2D eigenvalue weighted by molar-refractivity contribution is -0.00831. The number of ether oxygens (including phenoxy) is 1. The van der Waals surface area contributed by atoms with Gasteiger partial charge in [0.05, 0.1) is 0 Å². The molecule has 29 heavy (non-hydrogen) atoms. The maximum absolute atomic E-state index is 13.8. The lowest BCUT2D eigenvalue weighted by Crippen LogP contribution is -2.37. The van der Waals surface area contributed by atoms with Gasteiger partial charge in [-0.25, -0.2) is 8.78 Å². The van der Waals surface area contributed by atoms with E-state index in [9.17, 15) is 13.6 Å². The van der Waals surface area contributed by atoms with Gasteiger partial charge < -0.3 is 15.8 Å². The molecule has 0 aromatic heterocycles. The number of rotatable bonds is 7. The average Bonchev–Trinajstić information content (AvgIpc) is 2.73. The van der Waals surface area contributed by atoms with Crippen LogP contribution in [0.3, 0.4) is 0 Å². The maximum atomic E-state index is 13.8. The zero-order valence-corrected chi connectivity index (χ0v) is 16.4. The van der Waals surface area contributed by atoms with Crippen LogP contribution < -0.4 is 15.8 Å². The van der Waals surface area contributed by atoms with Crippen LogP contribution >= 0.6 is 0 Å². The number of benzene rings is 3. The van der Waals surface area contributed by atoms with E-state index in [0.29, 0.717) is 23.6 Å². The van der Waals surface area contributed by atoms with Gasteiger partial charge in [0, 0.05) is 35.5 Å². The topological polar surface area (TPSA) is 64.3 Å². The number of amides is 1. The second-order valence-corrected chi connectivity index (χ2v) is 6.99. The van der Waals surface area contributed by atoms with Gasteiger partial charge in [0.2, 0.25) is 0 Å². The van der Waals surface area contributed by atoms with Crippen molar-refractivity contribution in [3.63, 3.8) is 0 Å². The fraction of sp³-hybridized carbons (Fsp3) is 0.261. The molecule has 6 heteroatoms. The Morgan fingerprint density at radius 1 is 1.14 bits per heavy atom. The third kappa shape index (κ3) is 4.71. The van der Waals surface area contributed by atoms with E-state index in [0.717, 1.165) is 10.8 Å². The number of carbonyl (C=O) groups excluding carboxylic acids is 1. The normalized spacial score (nSPS) is 12.6. The largest absolute Gasteiger partial charge is 0.457 e. The van der Waals surface area contributed by atoms with Crippen molar-refractivity contribution in [1.29, 1.82) is 0 Å². The molecule has 0 aliphatic heterocycles. The van der Waals surface area contributed by atoms with Crippen molar-refractivity contribution in [2.24, 2.45) is 5.73 Å². The molecule has 4 nitrogen and oxygen atoms in total. The third-order valence-electron chi connectivity index (χ3n) is 4.78. The van der Waals surface area contributed by atoms with Crippen molar-refractivity contribution in [1.82, 2.24) is 5.32 Å². The van der Waals surface area contributed by atoms with Crippen molar-refractivity contribution in [2.45, 2.75) is 32.2 Å². The second kappa shape index (κ2) is 8.57. The Balaban J connectivity index is 1.84. The molecule has 0 spiro atoms. The summed E-state index contributed by atoms with van der Waals surface area (Å²) in [7, 11) is 0. The molecule has 3 rings (SSSR count). The Morgan fingerprint density at radius 2 is 1.86 bits per heavy atom. The van der Waals surface area contributed by atoms with Gasteiger partial charge in [-0.3, -0.25) is 4.79 Å². The first-order chi connectivity index (χ1) is 13.8. The molecule has 0 unspecified atom stereocenters. The molecule has 3 N–H and O–H groups in total. The van der Waals surface area contributed by atoms with Gasteiger partial charge in [0.25, 0.3) is 11.8 Å². The summed E-state index contributed by atoms with van der Waals surface area (Å²) in [5.74, 6) is -1.99. The first-order valence-corrected chi connectivity index (χ1v) is 9.54. The van der Waals surface area contributed by atoms with Crippen LogP contribution in [0.15, 0.2) is 60.7 Å². The standard InChI is InChI=1S/C23H24F2N2O2/c1-3-23(24,25)18-8-10-19(11-9-18)29-21-6-4-5-16-13-17(7-12-20(16)21)22(28)27-15(2)14-26/h4-13,15H,3,14,26H2,1-2H3,(H,27,28)/t15-/m0/s1. The summed E-state index contributed by atoms with van der Waals surface area (Å²) < 4.78 is 33.5. The predicted octanol–water partition coefficient (Wildman–Crippen LogP) is 5.21. The fourth-order valence-electron chi connectivity index (χ4n) is 2.95. The summed E-state index contributed by atoms with van der Waals surface area (Å²) in [5, 5.41) is 4.49. The lowest BCUT2D eigenvalue weighted by atomic mass is 10.1. The Bertz CT molecular complexity index is 1000. The van der Waals surface area contributed by atoms with Crippen LogP contribution in [-0.2, 0) is 5.92 Å². The first kappa shape index (κ1) is 20.7. The monoisotopic (exact) mass is 398 g/mol. The van der Waals surface area contributed by atoms with Gasteiger partial charge >= 0.3 is 0 Å². The van der Waals surface area contributed by atoms with Gasteiger partial charge in [-0.15, -0.1) is 0 Å². The van der Waals surface area contributed by atoms with E-state index in [4.69, 9.17) is 10.5 Å². The van der Waals surface area contributed by atoms with E-state index in [2.05, 4.69) is 5.32 Å². The van der Waals surface area contributed by atoms with Gasteiger partial charge in [0.15, 0.2) is 0 Å². The summed E-state index contributed by atoms with van der Waals surface area (Å²) in [5.41, 5.74) is 6.04. The van der Waals surface area contributed by atoms with E-state index in [-0.39, 0.29) is 23.9 Å². The van der Waals surface area contributed by atoms with Gasteiger partial charge in [0.1, 0.15) is 11.5 Å². The van der Waals surface area contributed by atoms with Crippen molar-refractivity contribution < 1.29 is 18.3 Å². The Labute approximate surface area is 168 Å². The predicted molar refractivity (Wildman–Crippen MR) is 111 cm³/mol. The maximum Gasteiger partial charge on any atom is 0.273 e. The first-order valence-electron chi connectivity index (χ1n) is 9.54. The van der Waals surface area contributed by atoms with Crippen LogP contribution in [-0.4, -0.2) is 18.5 Å². The number of fused-ring (bicyclic) bond motifs is 1. The molecular weight excluding hydrogens is 374 g/mol. The molecule has 152 valence electrons. The molecule has 3 aromatic rings. The van der Waals surface area contributed by atoms with Crippen LogP contribution in [0.25, 0.3) is 10.8 Å². The second-order valence-electron chi connectivity index (χ2n) is 6.99. The molecule has 1 atom stereocenters. The highest BCUT2D eigenvalue weighted by Gasteiger charge is 2.28. The van der Waals surface area contributed by atoms with Crippen LogP contribution in [0.2, 0.25) is 0 Å². The molecule has 0 bridgehead atoms. The van der Waals surface area contributed by atoms with Crippen molar-refractivity contribution in [3.8, 4) is 11.5 Å². The number of hydrogen-bond donors (Lipinski definition) is 2. The van der Waals surface area contributed by atoms with Crippen LogP contribution in [0.4, 0.5) is 8.78 Å². The van der Waals surface area contributed by atoms with Crippen LogP contribution in [0.1, 0.15) is 36.2 Å². The quantitative estimate of drug-likeness (QED) is 0.574. The number of carbonyl (C=O) groups is 1. The Kier molecular flexibility index (Phi) is 6.13. The molecule has 0 heterocycles. The molecule has 0 aliphatic carbocycles. The molecule has 0 saturated carbocycles. The zero-order valence-electron chi connectivity index (χ0n) is 16.4. The Hall–Kier alpha value is -2.99. The molecule has 0 radical (unpaired) electrons. The Morgan fingerprint density at radius 3 is 2.52 bits per heavy atom. The summed E-state index contributed by atoms with van der Waals surface area (Å²) >= 11 is 0. The van der Waals surface area contributed by atoms with Gasteiger partial charge in [-0.1, -0.05) is 19.1 Å². The number of nitrogens with one attached hydrogen (secondary N) is 1. The minimum absolute atomic E-state index is 0.0346. The SMILES string of the molecule is CCC(F)(F)c1ccc(Oc2cccc3cc(C(=O)N[C@@H](C)CN)ccc23)cc1. The number of halogens is 2. The summed E-state index contributed by atoms with van der Waals surface area (Å²) in [6, 6.07) is 16.5. The number of nitrogens with two attached hydrogens (primary N) is 1. The summed E-state index contributed by atoms with van der Waals surface area (Å²) in [4.78, 5) is 12.3. The molecule has 1 amide bonds. The third-order valence-corrected chi connectivity index (χ3v) is 4.78. The van der Waals surface area contributed by atoms with Crippen LogP contribution in [0.5, 0.6) is 11.5 Å². The minimum Gasteiger partial charge on any atom is -0.457 e. The van der Waals surface area contributed by atoms with Crippen molar-refractivity contribution in [2.75, 3.05) is 6.54 Å². The van der Waals surface area contributed by atoms with Gasteiger partial charge in [-0.2, -0.15) is 0 Å². The van der Waals surface area contributed by atoms with E-state index < -0.39 is 5.92 Å². The molecular formula is C23H24F2N2O2.